The lowest BCUT2D eigenvalue weighted by Gasteiger charge is -2.30. The van der Waals surface area contributed by atoms with E-state index in [0.717, 1.165) is 22.2 Å². The fourth-order valence-electron chi connectivity index (χ4n) is 7.00. The zero-order valence-electron chi connectivity index (χ0n) is 27.1. The number of nitrogens with zero attached hydrogens (tertiary/aromatic N) is 3. The van der Waals surface area contributed by atoms with Crippen LogP contribution in [0.1, 0.15) is 36.4 Å². The quantitative estimate of drug-likeness (QED) is 0.208. The molecule has 248 valence electrons. The van der Waals surface area contributed by atoms with Gasteiger partial charge in [-0.15, -0.1) is 0 Å². The molecule has 3 atom stereocenters. The lowest BCUT2D eigenvalue weighted by molar-refractivity contribution is -0.143. The minimum absolute atomic E-state index is 0.126. The minimum Gasteiger partial charge on any atom is -0.497 e. The first-order chi connectivity index (χ1) is 22.6. The molecule has 4 aromatic rings. The summed E-state index contributed by atoms with van der Waals surface area (Å²) in [6, 6.07) is 23.7. The number of anilines is 1. The van der Waals surface area contributed by atoms with Gasteiger partial charge in [0.1, 0.15) is 5.75 Å². The number of sulfonamides is 1. The number of aliphatic carboxylic acids is 1. The lowest BCUT2D eigenvalue weighted by atomic mass is 9.82. The van der Waals surface area contributed by atoms with Gasteiger partial charge in [0.25, 0.3) is 0 Å². The summed E-state index contributed by atoms with van der Waals surface area (Å²) in [5.74, 6) is -0.172. The highest BCUT2D eigenvalue weighted by molar-refractivity contribution is 7.89. The molecule has 10 nitrogen and oxygen atoms in total. The molecule has 2 aliphatic rings. The van der Waals surface area contributed by atoms with Crippen LogP contribution >= 0.6 is 0 Å². The third-order valence-corrected chi connectivity index (χ3v) is 11.2. The summed E-state index contributed by atoms with van der Waals surface area (Å²) in [5.41, 5.74) is 2.61. The third kappa shape index (κ3) is 6.22. The molecule has 0 spiro atoms. The van der Waals surface area contributed by atoms with Gasteiger partial charge in [0.2, 0.25) is 16.8 Å². The molecule has 0 aliphatic carbocycles. The maximum Gasteiger partial charge on any atom is 0.309 e. The van der Waals surface area contributed by atoms with E-state index in [-0.39, 0.29) is 24.2 Å². The van der Waals surface area contributed by atoms with Gasteiger partial charge >= 0.3 is 5.97 Å². The van der Waals surface area contributed by atoms with Crippen molar-refractivity contribution in [3.05, 3.63) is 90.0 Å². The van der Waals surface area contributed by atoms with Crippen LogP contribution in [0, 0.1) is 5.92 Å². The molecule has 2 aliphatic heterocycles. The SMILES string of the molecule is CCCN(CCN1CC(c2ccc3c(c2)OCO3)C(C(=O)O)C1c1ccc(OC)cc1)S(=O)(=O)c1cccc2c(N(C)C)cccc12. The van der Waals surface area contributed by atoms with Crippen molar-refractivity contribution in [2.24, 2.45) is 5.92 Å². The smallest absolute Gasteiger partial charge is 0.309 e. The van der Waals surface area contributed by atoms with Crippen LogP contribution in [0.5, 0.6) is 17.2 Å². The van der Waals surface area contributed by atoms with Crippen molar-refractivity contribution < 1.29 is 32.5 Å². The molecule has 1 saturated heterocycles. The number of carboxylic acids is 1. The summed E-state index contributed by atoms with van der Waals surface area (Å²) in [4.78, 5) is 17.4. The van der Waals surface area contributed by atoms with Gasteiger partial charge in [0.15, 0.2) is 11.5 Å². The van der Waals surface area contributed by atoms with E-state index in [1.54, 1.807) is 23.5 Å². The van der Waals surface area contributed by atoms with Gasteiger partial charge in [-0.05, 0) is 53.9 Å². The van der Waals surface area contributed by atoms with Crippen molar-refractivity contribution >= 4 is 32.5 Å². The van der Waals surface area contributed by atoms with E-state index in [2.05, 4.69) is 4.90 Å². The monoisotopic (exact) mass is 659 g/mol. The van der Waals surface area contributed by atoms with Crippen molar-refractivity contribution in [1.82, 2.24) is 9.21 Å². The number of hydrogen-bond acceptors (Lipinski definition) is 8. The van der Waals surface area contributed by atoms with E-state index in [0.29, 0.717) is 48.7 Å². The van der Waals surface area contributed by atoms with Gasteiger partial charge in [0, 0.05) is 68.7 Å². The van der Waals surface area contributed by atoms with E-state index in [9.17, 15) is 18.3 Å². The topological polar surface area (TPSA) is 109 Å². The summed E-state index contributed by atoms with van der Waals surface area (Å²) >= 11 is 0. The van der Waals surface area contributed by atoms with Crippen molar-refractivity contribution in [3.8, 4) is 17.2 Å². The highest BCUT2D eigenvalue weighted by Gasteiger charge is 2.47. The van der Waals surface area contributed by atoms with Crippen LogP contribution in [0.4, 0.5) is 5.69 Å². The molecular formula is C36H41N3O7S. The molecule has 1 N–H and O–H groups in total. The van der Waals surface area contributed by atoms with E-state index in [1.165, 1.54) is 0 Å². The molecule has 0 aromatic heterocycles. The second-order valence-electron chi connectivity index (χ2n) is 12.2. The number of methoxy groups -OCH3 is 1. The molecule has 0 radical (unpaired) electrons. The van der Waals surface area contributed by atoms with Crippen LogP contribution in [-0.2, 0) is 14.8 Å². The molecule has 47 heavy (non-hydrogen) atoms. The van der Waals surface area contributed by atoms with Gasteiger partial charge < -0.3 is 24.2 Å². The zero-order valence-corrected chi connectivity index (χ0v) is 27.9. The summed E-state index contributed by atoms with van der Waals surface area (Å²) in [7, 11) is 1.58. The van der Waals surface area contributed by atoms with Crippen molar-refractivity contribution in [2.45, 2.75) is 30.2 Å². The standard InChI is InChI=1S/C36H41N3O7S/c1-5-18-39(47(42,43)33-11-7-8-27-28(33)9-6-10-30(27)37(2)3)20-19-38-22-29(25-14-17-31-32(21-25)46-23-45-31)34(36(40)41)35(38)24-12-15-26(44-4)16-13-24/h6-17,21,29,34-35H,5,18-20,22-23H2,1-4H3,(H,40,41). The summed E-state index contributed by atoms with van der Waals surface area (Å²) in [6.45, 7) is 3.39. The summed E-state index contributed by atoms with van der Waals surface area (Å²) < 4.78 is 46.8. The number of hydrogen-bond donors (Lipinski definition) is 1. The van der Waals surface area contributed by atoms with Crippen LogP contribution in [0.25, 0.3) is 10.8 Å². The molecule has 2 heterocycles. The van der Waals surface area contributed by atoms with Gasteiger partial charge in [-0.25, -0.2) is 8.42 Å². The van der Waals surface area contributed by atoms with E-state index in [4.69, 9.17) is 14.2 Å². The zero-order chi connectivity index (χ0) is 33.3. The van der Waals surface area contributed by atoms with Crippen LogP contribution in [0.15, 0.2) is 83.8 Å². The van der Waals surface area contributed by atoms with Gasteiger partial charge in [-0.2, -0.15) is 4.31 Å². The fourth-order valence-corrected chi connectivity index (χ4v) is 8.73. The highest BCUT2D eigenvalue weighted by atomic mass is 32.2. The van der Waals surface area contributed by atoms with Crippen molar-refractivity contribution in [1.29, 1.82) is 0 Å². The first-order valence-electron chi connectivity index (χ1n) is 15.8. The van der Waals surface area contributed by atoms with Gasteiger partial charge in [-0.3, -0.25) is 9.69 Å². The number of fused-ring (bicyclic) bond motifs is 2. The molecule has 0 saturated carbocycles. The van der Waals surface area contributed by atoms with Gasteiger partial charge in [0.05, 0.1) is 17.9 Å². The Hall–Kier alpha value is -4.32. The predicted octanol–water partition coefficient (Wildman–Crippen LogP) is 5.59. The number of rotatable bonds is 12. The first-order valence-corrected chi connectivity index (χ1v) is 17.3. The first kappa shape index (κ1) is 32.6. The lowest BCUT2D eigenvalue weighted by Crippen LogP contribution is -2.40. The number of carboxylic acid groups (broad SMARTS) is 1. The maximum absolute atomic E-state index is 14.4. The summed E-state index contributed by atoms with van der Waals surface area (Å²) in [5, 5.41) is 12.2. The molecule has 6 rings (SSSR count). The Morgan fingerprint density at radius 3 is 2.34 bits per heavy atom. The Labute approximate surface area is 276 Å². The Balaban J connectivity index is 1.35. The summed E-state index contributed by atoms with van der Waals surface area (Å²) in [6.07, 6.45) is 0.631. The molecule has 4 aromatic carbocycles. The number of likely N-dealkylation sites (tertiary alicyclic amines) is 1. The average Bonchev–Trinajstić information content (AvgIpc) is 3.70. The minimum atomic E-state index is -3.89. The molecule has 11 heteroatoms. The third-order valence-electron chi connectivity index (χ3n) is 9.23. The Morgan fingerprint density at radius 1 is 0.936 bits per heavy atom. The number of carbonyl (C=O) groups is 1. The molecule has 0 bridgehead atoms. The Bertz CT molecular complexity index is 1860. The number of ether oxygens (including phenoxy) is 3. The second kappa shape index (κ2) is 13.4. The van der Waals surface area contributed by atoms with E-state index in [1.807, 2.05) is 92.6 Å². The van der Waals surface area contributed by atoms with Crippen LogP contribution in [-0.4, -0.2) is 82.9 Å². The predicted molar refractivity (Wildman–Crippen MR) is 181 cm³/mol. The molecule has 1 fully saturated rings. The molecule has 3 unspecified atom stereocenters. The van der Waals surface area contributed by atoms with Crippen LogP contribution in [0.3, 0.4) is 0 Å². The largest absolute Gasteiger partial charge is 0.497 e. The number of benzene rings is 4. The van der Waals surface area contributed by atoms with E-state index < -0.39 is 28.0 Å². The van der Waals surface area contributed by atoms with Crippen LogP contribution in [0.2, 0.25) is 0 Å². The average molecular weight is 660 g/mol. The van der Waals surface area contributed by atoms with Crippen LogP contribution < -0.4 is 19.1 Å². The normalized spacial score (nSPS) is 19.4. The van der Waals surface area contributed by atoms with Crippen molar-refractivity contribution in [2.75, 3.05) is 59.1 Å². The fraction of sp³-hybridized carbons (Fsp3) is 0.361. The Kier molecular flexibility index (Phi) is 9.32. The maximum atomic E-state index is 14.4. The van der Waals surface area contributed by atoms with E-state index >= 15 is 0 Å². The Morgan fingerprint density at radius 2 is 1.64 bits per heavy atom. The van der Waals surface area contributed by atoms with Crippen molar-refractivity contribution in [3.63, 3.8) is 0 Å². The molecular weight excluding hydrogens is 618 g/mol. The van der Waals surface area contributed by atoms with Gasteiger partial charge in [-0.1, -0.05) is 49.4 Å². The second-order valence-corrected chi connectivity index (χ2v) is 14.1. The molecule has 0 amide bonds. The highest BCUT2D eigenvalue weighted by Crippen LogP contribution is 2.48.